The quantitative estimate of drug-likeness (QED) is 0.912. The van der Waals surface area contributed by atoms with Crippen LogP contribution >= 0.6 is 0 Å². The first-order valence-electron chi connectivity index (χ1n) is 7.26. The lowest BCUT2D eigenvalue weighted by Gasteiger charge is -2.17. The van der Waals surface area contributed by atoms with Crippen LogP contribution in [0.5, 0.6) is 0 Å². The molecule has 2 rings (SSSR count). The molecule has 0 bridgehead atoms. The molecule has 6 heteroatoms. The van der Waals surface area contributed by atoms with Crippen molar-refractivity contribution in [3.8, 4) is 0 Å². The number of oxazole rings is 1. The Balaban J connectivity index is 2.04. The molecule has 1 atom stereocenters. The molecule has 0 spiro atoms. The standard InChI is InChI=1S/C15H24N4O2/c1-9(2)13(14-18-10(3)19-21-14)17-8-12-16-7-11(20-12)15(4,5)6/h7,9,13,17H,8H2,1-6H3/t13-/m1/s1. The van der Waals surface area contributed by atoms with E-state index in [-0.39, 0.29) is 11.5 Å². The third-order valence-electron chi connectivity index (χ3n) is 3.24. The lowest BCUT2D eigenvalue weighted by Crippen LogP contribution is -2.25. The lowest BCUT2D eigenvalue weighted by molar-refractivity contribution is 0.277. The minimum atomic E-state index is -0.0354. The molecule has 0 amide bonds. The predicted octanol–water partition coefficient (Wildman–Crippen LogP) is 3.15. The van der Waals surface area contributed by atoms with Gasteiger partial charge in [-0.1, -0.05) is 39.8 Å². The predicted molar refractivity (Wildman–Crippen MR) is 78.7 cm³/mol. The van der Waals surface area contributed by atoms with E-state index in [0.29, 0.717) is 30.1 Å². The smallest absolute Gasteiger partial charge is 0.244 e. The van der Waals surface area contributed by atoms with Crippen LogP contribution in [0.4, 0.5) is 0 Å². The number of hydrogen-bond donors (Lipinski definition) is 1. The van der Waals surface area contributed by atoms with Gasteiger partial charge in [0.25, 0.3) is 0 Å². The minimum Gasteiger partial charge on any atom is -0.444 e. The summed E-state index contributed by atoms with van der Waals surface area (Å²) < 4.78 is 11.0. The molecular formula is C15H24N4O2. The van der Waals surface area contributed by atoms with E-state index >= 15 is 0 Å². The van der Waals surface area contributed by atoms with Gasteiger partial charge < -0.3 is 8.94 Å². The van der Waals surface area contributed by atoms with E-state index < -0.39 is 0 Å². The topological polar surface area (TPSA) is 77.0 Å². The highest BCUT2D eigenvalue weighted by molar-refractivity contribution is 5.06. The fourth-order valence-electron chi connectivity index (χ4n) is 1.98. The van der Waals surface area contributed by atoms with Crippen LogP contribution in [0.1, 0.15) is 64.0 Å². The summed E-state index contributed by atoms with van der Waals surface area (Å²) in [6.07, 6.45) is 1.79. The fourth-order valence-corrected chi connectivity index (χ4v) is 1.98. The summed E-state index contributed by atoms with van der Waals surface area (Å²) in [5.74, 6) is 3.12. The summed E-state index contributed by atoms with van der Waals surface area (Å²) in [7, 11) is 0. The van der Waals surface area contributed by atoms with Gasteiger partial charge in [-0.05, 0) is 12.8 Å². The largest absolute Gasteiger partial charge is 0.444 e. The van der Waals surface area contributed by atoms with Crippen molar-refractivity contribution in [2.45, 2.75) is 59.5 Å². The number of hydrogen-bond acceptors (Lipinski definition) is 6. The molecule has 0 saturated carbocycles. The number of aryl methyl sites for hydroxylation is 1. The second kappa shape index (κ2) is 5.97. The molecule has 0 aliphatic rings. The Morgan fingerprint density at radius 1 is 1.29 bits per heavy atom. The fraction of sp³-hybridized carbons (Fsp3) is 0.667. The highest BCUT2D eigenvalue weighted by Gasteiger charge is 2.23. The van der Waals surface area contributed by atoms with E-state index in [1.165, 1.54) is 0 Å². The highest BCUT2D eigenvalue weighted by atomic mass is 16.5. The summed E-state index contributed by atoms with van der Waals surface area (Å²) in [6.45, 7) is 12.9. The zero-order valence-corrected chi connectivity index (χ0v) is 13.6. The zero-order chi connectivity index (χ0) is 15.6. The third-order valence-corrected chi connectivity index (χ3v) is 3.24. The maximum atomic E-state index is 5.78. The number of nitrogens with zero attached hydrogens (tertiary/aromatic N) is 3. The van der Waals surface area contributed by atoms with Gasteiger partial charge in [0, 0.05) is 5.41 Å². The van der Waals surface area contributed by atoms with Gasteiger partial charge in [0.15, 0.2) is 5.82 Å². The van der Waals surface area contributed by atoms with Gasteiger partial charge in [-0.2, -0.15) is 4.98 Å². The molecule has 0 radical (unpaired) electrons. The summed E-state index contributed by atoms with van der Waals surface area (Å²) in [4.78, 5) is 8.61. The summed E-state index contributed by atoms with van der Waals surface area (Å²) in [5, 5.41) is 7.22. The molecule has 0 aromatic carbocycles. The van der Waals surface area contributed by atoms with E-state index in [0.717, 1.165) is 5.76 Å². The van der Waals surface area contributed by atoms with Crippen LogP contribution < -0.4 is 5.32 Å². The Morgan fingerprint density at radius 2 is 2.00 bits per heavy atom. The summed E-state index contributed by atoms with van der Waals surface area (Å²) >= 11 is 0. The SMILES string of the molecule is Cc1noc([C@H](NCc2ncc(C(C)(C)C)o2)C(C)C)n1. The first-order chi connectivity index (χ1) is 9.77. The molecule has 116 valence electrons. The van der Waals surface area contributed by atoms with E-state index in [9.17, 15) is 0 Å². The van der Waals surface area contributed by atoms with Crippen LogP contribution in [-0.4, -0.2) is 15.1 Å². The number of nitrogens with one attached hydrogen (secondary N) is 1. The van der Waals surface area contributed by atoms with Crippen LogP contribution in [-0.2, 0) is 12.0 Å². The molecule has 1 N–H and O–H groups in total. The molecule has 0 saturated heterocycles. The lowest BCUT2D eigenvalue weighted by atomic mass is 9.94. The summed E-state index contributed by atoms with van der Waals surface area (Å²) in [5.41, 5.74) is -0.0354. The van der Waals surface area contributed by atoms with Crippen molar-refractivity contribution in [3.63, 3.8) is 0 Å². The van der Waals surface area contributed by atoms with E-state index in [1.807, 2.05) is 6.92 Å². The molecule has 0 fully saturated rings. The molecule has 0 unspecified atom stereocenters. The van der Waals surface area contributed by atoms with Crippen molar-refractivity contribution >= 4 is 0 Å². The van der Waals surface area contributed by atoms with Gasteiger partial charge in [0.1, 0.15) is 5.76 Å². The van der Waals surface area contributed by atoms with Gasteiger partial charge in [-0.25, -0.2) is 4.98 Å². The molecule has 21 heavy (non-hydrogen) atoms. The third kappa shape index (κ3) is 3.91. The van der Waals surface area contributed by atoms with E-state index in [2.05, 4.69) is 55.1 Å². The van der Waals surface area contributed by atoms with Crippen LogP contribution in [0.2, 0.25) is 0 Å². The monoisotopic (exact) mass is 292 g/mol. The second-order valence-corrected chi connectivity index (χ2v) is 6.65. The molecule has 2 aromatic rings. The molecule has 2 heterocycles. The van der Waals surface area contributed by atoms with Gasteiger partial charge in [-0.3, -0.25) is 5.32 Å². The van der Waals surface area contributed by atoms with Crippen LogP contribution in [0, 0.1) is 12.8 Å². The first-order valence-corrected chi connectivity index (χ1v) is 7.26. The van der Waals surface area contributed by atoms with Crippen LogP contribution in [0.15, 0.2) is 15.1 Å². The van der Waals surface area contributed by atoms with Crippen LogP contribution in [0.3, 0.4) is 0 Å². The second-order valence-electron chi connectivity index (χ2n) is 6.65. The van der Waals surface area contributed by atoms with Crippen molar-refractivity contribution in [1.82, 2.24) is 20.4 Å². The Labute approximate surface area is 125 Å². The number of rotatable bonds is 5. The van der Waals surface area contributed by atoms with Gasteiger partial charge in [-0.15, -0.1) is 0 Å². The van der Waals surface area contributed by atoms with Crippen molar-refractivity contribution in [2.75, 3.05) is 0 Å². The maximum absolute atomic E-state index is 5.78. The Hall–Kier alpha value is -1.69. The first kappa shape index (κ1) is 15.7. The Morgan fingerprint density at radius 3 is 2.48 bits per heavy atom. The van der Waals surface area contributed by atoms with E-state index in [4.69, 9.17) is 8.94 Å². The van der Waals surface area contributed by atoms with Crippen molar-refractivity contribution in [2.24, 2.45) is 5.92 Å². The molecule has 0 aliphatic carbocycles. The minimum absolute atomic E-state index is 0.0174. The Kier molecular flexibility index (Phi) is 4.46. The Bertz CT molecular complexity index is 581. The van der Waals surface area contributed by atoms with E-state index in [1.54, 1.807) is 6.20 Å². The van der Waals surface area contributed by atoms with Crippen molar-refractivity contribution in [1.29, 1.82) is 0 Å². The average Bonchev–Trinajstić information content (AvgIpc) is 2.98. The zero-order valence-electron chi connectivity index (χ0n) is 13.6. The van der Waals surface area contributed by atoms with Crippen molar-refractivity contribution in [3.05, 3.63) is 29.6 Å². The van der Waals surface area contributed by atoms with Gasteiger partial charge in [0.05, 0.1) is 18.8 Å². The molecular weight excluding hydrogens is 268 g/mol. The number of aromatic nitrogens is 3. The van der Waals surface area contributed by atoms with Crippen molar-refractivity contribution < 1.29 is 8.94 Å². The molecule has 0 aliphatic heterocycles. The van der Waals surface area contributed by atoms with Crippen LogP contribution in [0.25, 0.3) is 0 Å². The summed E-state index contributed by atoms with van der Waals surface area (Å²) in [6, 6.07) is -0.0174. The molecule has 6 nitrogen and oxygen atoms in total. The normalized spacial score (nSPS) is 13.9. The molecule has 2 aromatic heterocycles. The van der Waals surface area contributed by atoms with Gasteiger partial charge >= 0.3 is 0 Å². The highest BCUT2D eigenvalue weighted by Crippen LogP contribution is 2.24. The maximum Gasteiger partial charge on any atom is 0.244 e. The average molecular weight is 292 g/mol. The van der Waals surface area contributed by atoms with Gasteiger partial charge in [0.2, 0.25) is 11.8 Å².